The second-order valence-corrected chi connectivity index (χ2v) is 6.76. The van der Waals surface area contributed by atoms with Gasteiger partial charge in [0, 0.05) is 35.1 Å². The Morgan fingerprint density at radius 2 is 2.15 bits per heavy atom. The van der Waals surface area contributed by atoms with E-state index in [1.54, 1.807) is 0 Å². The van der Waals surface area contributed by atoms with E-state index in [1.165, 1.54) is 23.3 Å². The Bertz CT molecular complexity index is 551. The molecule has 0 radical (unpaired) electrons. The molecule has 3 rings (SSSR count). The Morgan fingerprint density at radius 1 is 1.30 bits per heavy atom. The molecule has 1 aromatic heterocycles. The highest BCUT2D eigenvalue weighted by Gasteiger charge is 2.34. The quantitative estimate of drug-likeness (QED) is 0.872. The van der Waals surface area contributed by atoms with Crippen molar-refractivity contribution in [2.24, 2.45) is 5.73 Å². The van der Waals surface area contributed by atoms with Crippen LogP contribution in [0.1, 0.15) is 29.3 Å². The lowest BCUT2D eigenvalue weighted by Gasteiger charge is -2.31. The Balaban J connectivity index is 1.84. The molecule has 1 heterocycles. The van der Waals surface area contributed by atoms with E-state index in [0.717, 1.165) is 11.6 Å². The van der Waals surface area contributed by atoms with Crippen molar-refractivity contribution >= 4 is 22.9 Å². The molecule has 1 saturated carbocycles. The maximum atomic E-state index is 6.13. The molecule has 4 heteroatoms. The van der Waals surface area contributed by atoms with Crippen molar-refractivity contribution in [1.82, 2.24) is 4.90 Å². The standard InChI is InChI=1S/C16H19ClN2S/c17-13-4-1-3-12(9-13)16(10-18)19(14-6-7-14)11-15-5-2-8-20-15/h1-5,8-9,14,16H,6-7,10-11,18H2. The highest BCUT2D eigenvalue weighted by Crippen LogP contribution is 2.36. The van der Waals surface area contributed by atoms with Gasteiger partial charge in [0.25, 0.3) is 0 Å². The van der Waals surface area contributed by atoms with Crippen molar-refractivity contribution in [3.63, 3.8) is 0 Å². The van der Waals surface area contributed by atoms with Gasteiger partial charge in [0.05, 0.1) is 0 Å². The molecule has 1 fully saturated rings. The first-order valence-corrected chi connectivity index (χ1v) is 8.27. The van der Waals surface area contributed by atoms with Crippen LogP contribution in [-0.4, -0.2) is 17.5 Å². The smallest absolute Gasteiger partial charge is 0.0477 e. The van der Waals surface area contributed by atoms with Gasteiger partial charge < -0.3 is 5.73 Å². The minimum atomic E-state index is 0.253. The Kier molecular flexibility index (Phi) is 4.41. The molecular formula is C16H19ClN2S. The molecule has 0 bridgehead atoms. The van der Waals surface area contributed by atoms with Crippen molar-refractivity contribution < 1.29 is 0 Å². The molecule has 0 spiro atoms. The zero-order valence-electron chi connectivity index (χ0n) is 11.3. The molecule has 1 aliphatic rings. The van der Waals surface area contributed by atoms with Gasteiger partial charge in [-0.05, 0) is 42.0 Å². The Labute approximate surface area is 129 Å². The number of thiophene rings is 1. The number of nitrogens with zero attached hydrogens (tertiary/aromatic N) is 1. The van der Waals surface area contributed by atoms with Gasteiger partial charge >= 0.3 is 0 Å². The van der Waals surface area contributed by atoms with Gasteiger partial charge in [-0.15, -0.1) is 11.3 Å². The van der Waals surface area contributed by atoms with E-state index in [4.69, 9.17) is 17.3 Å². The van der Waals surface area contributed by atoms with E-state index in [1.807, 2.05) is 29.5 Å². The highest BCUT2D eigenvalue weighted by molar-refractivity contribution is 7.09. The van der Waals surface area contributed by atoms with Gasteiger partial charge in [-0.2, -0.15) is 0 Å². The summed E-state index contributed by atoms with van der Waals surface area (Å²) in [6.45, 7) is 1.61. The normalized spacial score (nSPS) is 16.6. The van der Waals surface area contributed by atoms with Crippen LogP contribution < -0.4 is 5.73 Å². The van der Waals surface area contributed by atoms with Gasteiger partial charge in [-0.3, -0.25) is 4.90 Å². The summed E-state index contributed by atoms with van der Waals surface area (Å²) in [6, 6.07) is 13.3. The third-order valence-corrected chi connectivity index (χ3v) is 4.89. The first-order chi connectivity index (χ1) is 9.78. The van der Waals surface area contributed by atoms with Gasteiger partial charge in [0.1, 0.15) is 0 Å². The van der Waals surface area contributed by atoms with Crippen LogP contribution in [-0.2, 0) is 6.54 Å². The molecule has 1 aromatic carbocycles. The predicted octanol–water partition coefficient (Wildman–Crippen LogP) is 4.07. The van der Waals surface area contributed by atoms with Gasteiger partial charge in [0.15, 0.2) is 0 Å². The molecule has 1 aliphatic carbocycles. The van der Waals surface area contributed by atoms with Crippen molar-refractivity contribution in [1.29, 1.82) is 0 Å². The van der Waals surface area contributed by atoms with E-state index in [-0.39, 0.29) is 6.04 Å². The van der Waals surface area contributed by atoms with E-state index >= 15 is 0 Å². The molecule has 0 amide bonds. The molecule has 0 saturated heterocycles. The summed E-state index contributed by atoms with van der Waals surface area (Å²) in [5.74, 6) is 0. The lowest BCUT2D eigenvalue weighted by molar-refractivity contribution is 0.183. The van der Waals surface area contributed by atoms with E-state index in [0.29, 0.717) is 12.6 Å². The summed E-state index contributed by atoms with van der Waals surface area (Å²) in [6.07, 6.45) is 2.56. The lowest BCUT2D eigenvalue weighted by Crippen LogP contribution is -2.34. The zero-order valence-corrected chi connectivity index (χ0v) is 12.9. The second kappa shape index (κ2) is 6.27. The minimum Gasteiger partial charge on any atom is -0.329 e. The fourth-order valence-electron chi connectivity index (χ4n) is 2.66. The summed E-state index contributed by atoms with van der Waals surface area (Å²) >= 11 is 7.95. The molecule has 106 valence electrons. The summed E-state index contributed by atoms with van der Waals surface area (Å²) < 4.78 is 0. The number of benzene rings is 1. The fourth-order valence-corrected chi connectivity index (χ4v) is 3.57. The summed E-state index contributed by atoms with van der Waals surface area (Å²) in [5, 5.41) is 2.92. The van der Waals surface area contributed by atoms with Crippen LogP contribution in [0.3, 0.4) is 0 Å². The van der Waals surface area contributed by atoms with Crippen LogP contribution >= 0.6 is 22.9 Å². The van der Waals surface area contributed by atoms with Crippen LogP contribution in [0.5, 0.6) is 0 Å². The zero-order chi connectivity index (χ0) is 13.9. The number of rotatable bonds is 6. The van der Waals surface area contributed by atoms with Crippen molar-refractivity contribution in [2.45, 2.75) is 31.5 Å². The van der Waals surface area contributed by atoms with Crippen molar-refractivity contribution in [2.75, 3.05) is 6.54 Å². The number of nitrogens with two attached hydrogens (primary N) is 1. The second-order valence-electron chi connectivity index (χ2n) is 5.29. The Hall–Kier alpha value is -0.870. The molecule has 0 aliphatic heterocycles. The first-order valence-electron chi connectivity index (χ1n) is 7.01. The molecule has 2 N–H and O–H groups in total. The minimum absolute atomic E-state index is 0.253. The predicted molar refractivity (Wildman–Crippen MR) is 86.1 cm³/mol. The number of hydrogen-bond donors (Lipinski definition) is 1. The molecular weight excluding hydrogens is 288 g/mol. The van der Waals surface area contributed by atoms with Crippen molar-refractivity contribution in [3.8, 4) is 0 Å². The monoisotopic (exact) mass is 306 g/mol. The van der Waals surface area contributed by atoms with E-state index in [2.05, 4.69) is 28.5 Å². The fraction of sp³-hybridized carbons (Fsp3) is 0.375. The van der Waals surface area contributed by atoms with E-state index < -0.39 is 0 Å². The molecule has 1 unspecified atom stereocenters. The summed E-state index contributed by atoms with van der Waals surface area (Å²) in [7, 11) is 0. The summed E-state index contributed by atoms with van der Waals surface area (Å²) in [5.41, 5.74) is 7.29. The first kappa shape index (κ1) is 14.1. The van der Waals surface area contributed by atoms with E-state index in [9.17, 15) is 0 Å². The highest BCUT2D eigenvalue weighted by atomic mass is 35.5. The van der Waals surface area contributed by atoms with Crippen LogP contribution in [0.15, 0.2) is 41.8 Å². The largest absolute Gasteiger partial charge is 0.329 e. The van der Waals surface area contributed by atoms with Gasteiger partial charge in [-0.25, -0.2) is 0 Å². The molecule has 20 heavy (non-hydrogen) atoms. The molecule has 1 atom stereocenters. The third-order valence-electron chi connectivity index (χ3n) is 3.79. The average molecular weight is 307 g/mol. The third kappa shape index (κ3) is 3.23. The van der Waals surface area contributed by atoms with Crippen LogP contribution in [0.2, 0.25) is 5.02 Å². The van der Waals surface area contributed by atoms with Gasteiger partial charge in [0.2, 0.25) is 0 Å². The number of hydrogen-bond acceptors (Lipinski definition) is 3. The number of halogens is 1. The maximum absolute atomic E-state index is 6.13. The van der Waals surface area contributed by atoms with Gasteiger partial charge in [-0.1, -0.05) is 29.8 Å². The average Bonchev–Trinajstić information content (AvgIpc) is 3.16. The van der Waals surface area contributed by atoms with Crippen molar-refractivity contribution in [3.05, 3.63) is 57.2 Å². The topological polar surface area (TPSA) is 29.3 Å². The lowest BCUT2D eigenvalue weighted by atomic mass is 10.0. The Morgan fingerprint density at radius 3 is 2.75 bits per heavy atom. The van der Waals surface area contributed by atoms with Crippen LogP contribution in [0.4, 0.5) is 0 Å². The SMILES string of the molecule is NCC(c1cccc(Cl)c1)N(Cc1cccs1)C1CC1. The van der Waals surface area contributed by atoms with Crippen LogP contribution in [0, 0.1) is 0 Å². The molecule has 2 aromatic rings. The summed E-state index contributed by atoms with van der Waals surface area (Å²) in [4.78, 5) is 3.94. The maximum Gasteiger partial charge on any atom is 0.0477 e. The van der Waals surface area contributed by atoms with Crippen LogP contribution in [0.25, 0.3) is 0 Å². The molecule has 2 nitrogen and oxygen atoms in total.